The minimum atomic E-state index is -0.849. The van der Waals surface area contributed by atoms with Crippen LogP contribution >= 0.6 is 0 Å². The molecule has 0 saturated carbocycles. The third-order valence-corrected chi connectivity index (χ3v) is 11.2. The first-order valence-electron chi connectivity index (χ1n) is 25.2. The van der Waals surface area contributed by atoms with Gasteiger partial charge in [0.2, 0.25) is 5.91 Å². The fourth-order valence-electron chi connectivity index (χ4n) is 7.38. The summed E-state index contributed by atoms with van der Waals surface area (Å²) in [6, 6.07) is -0.633. The molecule has 4 heteroatoms. The predicted molar refractivity (Wildman–Crippen MR) is 257 cm³/mol. The molecule has 0 aliphatic carbocycles. The number of nitrogens with one attached hydrogen (secondary N) is 1. The van der Waals surface area contributed by atoms with Gasteiger partial charge in [-0.3, -0.25) is 4.79 Å². The number of amides is 1. The number of aliphatic hydroxyl groups is 2. The molecule has 0 aromatic carbocycles. The minimum Gasteiger partial charge on any atom is -0.394 e. The second-order valence-corrected chi connectivity index (χ2v) is 16.9. The van der Waals surface area contributed by atoms with Crippen LogP contribution in [-0.4, -0.2) is 34.9 Å². The standard InChI is InChI=1S/C54H97NO3/c1-3-5-7-9-11-13-15-17-19-21-23-25-27-29-31-33-35-37-39-41-43-45-47-49-53(57)52(51-56)55-54(58)50-48-46-44-42-40-38-36-34-32-30-28-26-24-22-20-18-16-14-12-10-8-6-4-2/h6,8,12,14,18,20,24,26,30,32,47,49,52-53,56-57H,3-5,7,9-11,13,15-17,19,21-23,25,27-29,31,33-46,48,50-51H2,1-2H3,(H,55,58)/b8-6-,14-12-,20-18-,26-24-,32-30-,49-47+. The summed E-state index contributed by atoms with van der Waals surface area (Å²) in [4.78, 5) is 12.4. The lowest BCUT2D eigenvalue weighted by atomic mass is 10.0. The van der Waals surface area contributed by atoms with Crippen molar-refractivity contribution in [2.45, 2.75) is 257 Å². The molecule has 0 aromatic rings. The van der Waals surface area contributed by atoms with Crippen LogP contribution in [0.15, 0.2) is 72.9 Å². The largest absolute Gasteiger partial charge is 0.394 e. The van der Waals surface area contributed by atoms with Crippen LogP contribution in [0.2, 0.25) is 0 Å². The topological polar surface area (TPSA) is 69.6 Å². The van der Waals surface area contributed by atoms with E-state index in [1.165, 1.54) is 154 Å². The summed E-state index contributed by atoms with van der Waals surface area (Å²) in [5, 5.41) is 23.1. The summed E-state index contributed by atoms with van der Waals surface area (Å²) in [6.45, 7) is 4.20. The summed E-state index contributed by atoms with van der Waals surface area (Å²) in [7, 11) is 0. The molecule has 0 rings (SSSR count). The summed E-state index contributed by atoms with van der Waals surface area (Å²) in [6.07, 6.45) is 70.3. The summed E-state index contributed by atoms with van der Waals surface area (Å²) >= 11 is 0. The van der Waals surface area contributed by atoms with E-state index in [1.54, 1.807) is 6.08 Å². The Kier molecular flexibility index (Phi) is 47.4. The Hall–Kier alpha value is -2.17. The number of aliphatic hydroxyl groups excluding tert-OH is 2. The van der Waals surface area contributed by atoms with E-state index in [0.717, 1.165) is 70.6 Å². The molecule has 58 heavy (non-hydrogen) atoms. The van der Waals surface area contributed by atoms with E-state index in [-0.39, 0.29) is 12.5 Å². The van der Waals surface area contributed by atoms with Gasteiger partial charge in [-0.2, -0.15) is 0 Å². The lowest BCUT2D eigenvalue weighted by Gasteiger charge is -2.20. The molecule has 2 unspecified atom stereocenters. The Bertz CT molecular complexity index is 1010. The van der Waals surface area contributed by atoms with Crippen molar-refractivity contribution in [2.75, 3.05) is 6.61 Å². The van der Waals surface area contributed by atoms with Gasteiger partial charge in [-0.15, -0.1) is 0 Å². The second kappa shape index (κ2) is 49.2. The third kappa shape index (κ3) is 44.9. The van der Waals surface area contributed by atoms with Crippen LogP contribution in [0.5, 0.6) is 0 Å². The van der Waals surface area contributed by atoms with Gasteiger partial charge in [-0.25, -0.2) is 0 Å². The van der Waals surface area contributed by atoms with Gasteiger partial charge < -0.3 is 15.5 Å². The zero-order valence-corrected chi connectivity index (χ0v) is 38.5. The van der Waals surface area contributed by atoms with Crippen LogP contribution in [0, 0.1) is 0 Å². The maximum atomic E-state index is 12.4. The smallest absolute Gasteiger partial charge is 0.220 e. The first-order chi connectivity index (χ1) is 28.7. The number of carbonyl (C=O) groups is 1. The number of unbranched alkanes of at least 4 members (excludes halogenated alkanes) is 28. The molecule has 1 amide bonds. The Morgan fingerprint density at radius 3 is 1.14 bits per heavy atom. The highest BCUT2D eigenvalue weighted by atomic mass is 16.3. The summed E-state index contributed by atoms with van der Waals surface area (Å²) in [5.74, 6) is -0.0760. The second-order valence-electron chi connectivity index (χ2n) is 16.9. The van der Waals surface area contributed by atoms with Crippen LogP contribution in [0.1, 0.15) is 245 Å². The lowest BCUT2D eigenvalue weighted by molar-refractivity contribution is -0.123. The first kappa shape index (κ1) is 55.8. The molecule has 0 heterocycles. The van der Waals surface area contributed by atoms with Gasteiger partial charge in [-0.05, 0) is 64.2 Å². The number of hydrogen-bond acceptors (Lipinski definition) is 3. The maximum absolute atomic E-state index is 12.4. The number of carbonyl (C=O) groups excluding carboxylic acids is 1. The third-order valence-electron chi connectivity index (χ3n) is 11.2. The molecular weight excluding hydrogens is 711 g/mol. The zero-order valence-electron chi connectivity index (χ0n) is 38.5. The van der Waals surface area contributed by atoms with Crippen LogP contribution in [0.25, 0.3) is 0 Å². The van der Waals surface area contributed by atoms with E-state index in [0.29, 0.717) is 6.42 Å². The highest BCUT2D eigenvalue weighted by Crippen LogP contribution is 2.16. The number of rotatable bonds is 45. The van der Waals surface area contributed by atoms with E-state index < -0.39 is 12.1 Å². The minimum absolute atomic E-state index is 0.0760. The predicted octanol–water partition coefficient (Wildman–Crippen LogP) is 16.2. The zero-order chi connectivity index (χ0) is 42.1. The Labute approximate surface area is 361 Å². The van der Waals surface area contributed by atoms with Gasteiger partial charge in [-0.1, -0.05) is 247 Å². The molecule has 0 aliphatic rings. The quantitative estimate of drug-likeness (QED) is 0.0424. The van der Waals surface area contributed by atoms with Crippen LogP contribution in [-0.2, 0) is 4.79 Å². The molecule has 0 aromatic heterocycles. The molecule has 0 aliphatic heterocycles. The van der Waals surface area contributed by atoms with Gasteiger partial charge in [0, 0.05) is 6.42 Å². The highest BCUT2D eigenvalue weighted by Gasteiger charge is 2.18. The normalized spacial score (nSPS) is 13.5. The van der Waals surface area contributed by atoms with Crippen molar-refractivity contribution >= 4 is 5.91 Å². The van der Waals surface area contributed by atoms with Gasteiger partial charge >= 0.3 is 0 Å². The molecule has 2 atom stereocenters. The summed E-state index contributed by atoms with van der Waals surface area (Å²) in [5.41, 5.74) is 0. The Morgan fingerprint density at radius 1 is 0.431 bits per heavy atom. The van der Waals surface area contributed by atoms with Crippen molar-refractivity contribution in [1.82, 2.24) is 5.32 Å². The average molecular weight is 808 g/mol. The first-order valence-corrected chi connectivity index (χ1v) is 25.2. The van der Waals surface area contributed by atoms with Gasteiger partial charge in [0.1, 0.15) is 0 Å². The van der Waals surface area contributed by atoms with Crippen molar-refractivity contribution in [3.8, 4) is 0 Å². The molecule has 0 fully saturated rings. The number of hydrogen-bond donors (Lipinski definition) is 3. The van der Waals surface area contributed by atoms with Crippen molar-refractivity contribution in [1.29, 1.82) is 0 Å². The SMILES string of the molecule is CC/C=C\C/C=C\C/C=C\C/C=C\C/C=C\CCCCCCCCCC(=O)NC(CO)C(O)/C=C/CCCCCCCCCCCCCCCCCCCCCCC. The van der Waals surface area contributed by atoms with Crippen LogP contribution in [0.3, 0.4) is 0 Å². The fourth-order valence-corrected chi connectivity index (χ4v) is 7.38. The lowest BCUT2D eigenvalue weighted by Crippen LogP contribution is -2.45. The van der Waals surface area contributed by atoms with Crippen molar-refractivity contribution in [2.24, 2.45) is 0 Å². The highest BCUT2D eigenvalue weighted by molar-refractivity contribution is 5.76. The molecular formula is C54H97NO3. The van der Waals surface area contributed by atoms with Crippen LogP contribution in [0.4, 0.5) is 0 Å². The van der Waals surface area contributed by atoms with Gasteiger partial charge in [0.15, 0.2) is 0 Å². The summed E-state index contributed by atoms with van der Waals surface area (Å²) < 4.78 is 0. The maximum Gasteiger partial charge on any atom is 0.220 e. The van der Waals surface area contributed by atoms with Crippen LogP contribution < -0.4 is 5.32 Å². The fraction of sp³-hybridized carbons (Fsp3) is 0.759. The van der Waals surface area contributed by atoms with Gasteiger partial charge in [0.05, 0.1) is 18.8 Å². The van der Waals surface area contributed by atoms with E-state index in [9.17, 15) is 15.0 Å². The molecule has 4 nitrogen and oxygen atoms in total. The van der Waals surface area contributed by atoms with Crippen molar-refractivity contribution in [3.63, 3.8) is 0 Å². The molecule has 0 saturated heterocycles. The van der Waals surface area contributed by atoms with Crippen molar-refractivity contribution in [3.05, 3.63) is 72.9 Å². The van der Waals surface area contributed by atoms with Gasteiger partial charge in [0.25, 0.3) is 0 Å². The molecule has 0 spiro atoms. The Balaban J connectivity index is 3.58. The molecule has 0 radical (unpaired) electrons. The molecule has 3 N–H and O–H groups in total. The van der Waals surface area contributed by atoms with Crippen molar-refractivity contribution < 1.29 is 15.0 Å². The Morgan fingerprint density at radius 2 is 0.759 bits per heavy atom. The molecule has 0 bridgehead atoms. The van der Waals surface area contributed by atoms with E-state index in [2.05, 4.69) is 79.9 Å². The van der Waals surface area contributed by atoms with E-state index in [4.69, 9.17) is 0 Å². The average Bonchev–Trinajstić information content (AvgIpc) is 3.23. The molecule has 336 valence electrons. The van der Waals surface area contributed by atoms with E-state index >= 15 is 0 Å². The van der Waals surface area contributed by atoms with E-state index in [1.807, 2.05) is 6.08 Å². The number of allylic oxidation sites excluding steroid dienone is 11. The monoisotopic (exact) mass is 808 g/mol.